The molecule has 0 spiro atoms. The second-order valence-electron chi connectivity index (χ2n) is 7.81. The number of amides is 2. The average molecular weight is 419 g/mol. The Morgan fingerprint density at radius 2 is 1.86 bits per heavy atom. The highest BCUT2D eigenvalue weighted by atomic mass is 32.2. The van der Waals surface area contributed by atoms with Crippen LogP contribution in [0.2, 0.25) is 0 Å². The van der Waals surface area contributed by atoms with Crippen molar-refractivity contribution in [3.05, 3.63) is 39.1 Å². The molecular weight excluding hydrogens is 392 g/mol. The number of carbonyl (C=O) groups is 1. The molecule has 0 radical (unpaired) electrons. The minimum atomic E-state index is -4.26. The predicted molar refractivity (Wildman–Crippen MR) is 111 cm³/mol. The van der Waals surface area contributed by atoms with Crippen LogP contribution in [0.3, 0.4) is 0 Å². The number of rotatable bonds is 4. The fourth-order valence-electron chi connectivity index (χ4n) is 4.37. The van der Waals surface area contributed by atoms with Crippen molar-refractivity contribution in [1.29, 1.82) is 5.41 Å². The van der Waals surface area contributed by atoms with E-state index in [2.05, 4.69) is 16.7 Å². The van der Waals surface area contributed by atoms with Crippen molar-refractivity contribution in [2.24, 2.45) is 0 Å². The number of urea groups is 1. The largest absolute Gasteiger partial charge is 0.478 e. The summed E-state index contributed by atoms with van der Waals surface area (Å²) in [6, 6.07) is 1.45. The van der Waals surface area contributed by atoms with Gasteiger partial charge in [-0.25, -0.2) is 17.9 Å². The molecule has 1 aromatic rings. The Labute approximate surface area is 170 Å². The van der Waals surface area contributed by atoms with Gasteiger partial charge in [-0.05, 0) is 67.7 Å². The van der Waals surface area contributed by atoms with Crippen LogP contribution in [0.15, 0.2) is 16.9 Å². The maximum absolute atomic E-state index is 12.7. The molecule has 156 valence electrons. The van der Waals surface area contributed by atoms with E-state index < -0.39 is 16.1 Å². The average Bonchev–Trinajstić information content (AvgIpc) is 3.30. The smallest absolute Gasteiger partial charge is 0.333 e. The van der Waals surface area contributed by atoms with E-state index in [9.17, 15) is 13.2 Å². The molecule has 2 aliphatic carbocycles. The minimum absolute atomic E-state index is 0.000504. The topological polar surface area (TPSA) is 120 Å². The highest BCUT2D eigenvalue weighted by molar-refractivity contribution is 7.94. The van der Waals surface area contributed by atoms with E-state index in [1.165, 1.54) is 11.1 Å². The zero-order valence-corrected chi connectivity index (χ0v) is 17.2. The summed E-state index contributed by atoms with van der Waals surface area (Å²) < 4.78 is 32.9. The molecule has 0 aromatic heterocycles. The number of allylic oxidation sites excluding steroid dienone is 1. The van der Waals surface area contributed by atoms with Crippen molar-refractivity contribution < 1.29 is 17.9 Å². The summed E-state index contributed by atoms with van der Waals surface area (Å²) in [5.74, 6) is 0.000504. The Hall–Kier alpha value is -2.55. The standard InChI is InChI=1S/C20H26N4O4S/c1-12-8-9-28-19(22-12)17(11-21)29(26,27)24-20(25)23-18-15-6-2-4-13(15)10-14-5-3-7-16(14)18/h10-12,21-22H,2-9H2,1H3,(H2,23,24,25)/b19-17-,21-11?. The molecule has 1 atom stereocenters. The maximum Gasteiger partial charge on any atom is 0.333 e. The lowest BCUT2D eigenvalue weighted by Crippen LogP contribution is -2.40. The van der Waals surface area contributed by atoms with Gasteiger partial charge in [-0.2, -0.15) is 0 Å². The molecule has 4 rings (SSSR count). The Balaban J connectivity index is 1.58. The molecule has 0 saturated carbocycles. The number of carbonyl (C=O) groups excluding carboxylic acids is 1. The van der Waals surface area contributed by atoms with Gasteiger partial charge in [0.2, 0.25) is 5.88 Å². The molecule has 1 aliphatic heterocycles. The van der Waals surface area contributed by atoms with Gasteiger partial charge in [-0.1, -0.05) is 6.07 Å². The number of hydrogen-bond acceptors (Lipinski definition) is 6. The summed E-state index contributed by atoms with van der Waals surface area (Å²) >= 11 is 0. The molecule has 29 heavy (non-hydrogen) atoms. The number of hydrogen-bond donors (Lipinski definition) is 4. The number of sulfonamides is 1. The third-order valence-corrected chi connectivity index (χ3v) is 7.09. The Kier molecular flexibility index (Phi) is 5.24. The highest BCUT2D eigenvalue weighted by Gasteiger charge is 2.29. The lowest BCUT2D eigenvalue weighted by molar-refractivity contribution is 0.136. The Bertz CT molecular complexity index is 968. The van der Waals surface area contributed by atoms with Crippen molar-refractivity contribution in [2.45, 2.75) is 57.9 Å². The summed E-state index contributed by atoms with van der Waals surface area (Å²) in [4.78, 5) is 12.2. The molecule has 1 saturated heterocycles. The molecule has 4 N–H and O–H groups in total. The van der Waals surface area contributed by atoms with Crippen LogP contribution < -0.4 is 15.4 Å². The number of ether oxygens (including phenoxy) is 1. The predicted octanol–water partition coefficient (Wildman–Crippen LogP) is 2.33. The van der Waals surface area contributed by atoms with Gasteiger partial charge in [-0.15, -0.1) is 0 Å². The van der Waals surface area contributed by atoms with Gasteiger partial charge >= 0.3 is 6.03 Å². The first-order chi connectivity index (χ1) is 13.9. The number of aryl methyl sites for hydroxylation is 2. The van der Waals surface area contributed by atoms with Crippen LogP contribution >= 0.6 is 0 Å². The van der Waals surface area contributed by atoms with Crippen molar-refractivity contribution in [2.75, 3.05) is 11.9 Å². The SMILES string of the molecule is CC1CCO/C(=C(/C=N)S(=O)(=O)NC(=O)Nc2c3c(cc4c2CCC4)CCC3)N1. The third kappa shape index (κ3) is 3.83. The minimum Gasteiger partial charge on any atom is -0.478 e. The molecule has 9 heteroatoms. The molecule has 1 fully saturated rings. The summed E-state index contributed by atoms with van der Waals surface area (Å²) in [6.07, 6.45) is 7.24. The molecule has 3 aliphatic rings. The van der Waals surface area contributed by atoms with Crippen molar-refractivity contribution >= 4 is 28.0 Å². The zero-order valence-electron chi connectivity index (χ0n) is 16.4. The zero-order chi connectivity index (χ0) is 20.6. The number of benzene rings is 1. The summed E-state index contributed by atoms with van der Waals surface area (Å²) in [5, 5.41) is 13.3. The van der Waals surface area contributed by atoms with Gasteiger partial charge < -0.3 is 20.8 Å². The fourth-order valence-corrected chi connectivity index (χ4v) is 5.29. The highest BCUT2D eigenvalue weighted by Crippen LogP contribution is 2.38. The Morgan fingerprint density at radius 1 is 1.21 bits per heavy atom. The molecule has 8 nitrogen and oxygen atoms in total. The first-order valence-corrected chi connectivity index (χ1v) is 11.5. The monoisotopic (exact) mass is 418 g/mol. The second-order valence-corrected chi connectivity index (χ2v) is 9.46. The lowest BCUT2D eigenvalue weighted by atomic mass is 9.99. The summed E-state index contributed by atoms with van der Waals surface area (Å²) in [6.45, 7) is 2.25. The van der Waals surface area contributed by atoms with Crippen LogP contribution in [-0.4, -0.2) is 33.3 Å². The van der Waals surface area contributed by atoms with Crippen LogP contribution in [0.1, 0.15) is 48.4 Å². The lowest BCUT2D eigenvalue weighted by Gasteiger charge is -2.25. The Morgan fingerprint density at radius 3 is 2.45 bits per heavy atom. The van der Waals surface area contributed by atoms with Crippen molar-refractivity contribution in [3.63, 3.8) is 0 Å². The summed E-state index contributed by atoms with van der Waals surface area (Å²) in [7, 11) is -4.26. The second kappa shape index (κ2) is 7.70. The van der Waals surface area contributed by atoms with Crippen LogP contribution in [0.5, 0.6) is 0 Å². The molecule has 1 unspecified atom stereocenters. The molecular formula is C20H26N4O4S. The van der Waals surface area contributed by atoms with Crippen LogP contribution in [0, 0.1) is 5.41 Å². The van der Waals surface area contributed by atoms with Gasteiger partial charge in [-0.3, -0.25) is 0 Å². The van der Waals surface area contributed by atoms with E-state index >= 15 is 0 Å². The van der Waals surface area contributed by atoms with Gasteiger partial charge in [0, 0.05) is 24.4 Å². The van der Waals surface area contributed by atoms with Crippen LogP contribution in [-0.2, 0) is 40.4 Å². The number of fused-ring (bicyclic) bond motifs is 2. The van der Waals surface area contributed by atoms with E-state index in [0.717, 1.165) is 61.8 Å². The molecule has 1 heterocycles. The first-order valence-electron chi connectivity index (χ1n) is 10.0. The number of nitrogens with one attached hydrogen (secondary N) is 4. The van der Waals surface area contributed by atoms with E-state index in [4.69, 9.17) is 10.1 Å². The maximum atomic E-state index is 12.7. The third-order valence-electron chi connectivity index (χ3n) is 5.76. The summed E-state index contributed by atoms with van der Waals surface area (Å²) in [5.41, 5.74) is 5.51. The molecule has 1 aromatic carbocycles. The van der Waals surface area contributed by atoms with E-state index in [1.807, 2.05) is 11.6 Å². The van der Waals surface area contributed by atoms with E-state index in [1.54, 1.807) is 0 Å². The van der Waals surface area contributed by atoms with E-state index in [-0.39, 0.29) is 16.8 Å². The van der Waals surface area contributed by atoms with Crippen LogP contribution in [0.4, 0.5) is 10.5 Å². The quantitative estimate of drug-likeness (QED) is 0.560. The first kappa shape index (κ1) is 19.8. The van der Waals surface area contributed by atoms with Gasteiger partial charge in [0.25, 0.3) is 10.0 Å². The number of anilines is 1. The molecule has 0 bridgehead atoms. The van der Waals surface area contributed by atoms with Gasteiger partial charge in [0.1, 0.15) is 0 Å². The van der Waals surface area contributed by atoms with Gasteiger partial charge in [0.05, 0.1) is 6.61 Å². The van der Waals surface area contributed by atoms with E-state index in [0.29, 0.717) is 12.8 Å². The normalized spacial score (nSPS) is 22.0. The fraction of sp³-hybridized carbons (Fsp3) is 0.500. The van der Waals surface area contributed by atoms with Crippen molar-refractivity contribution in [1.82, 2.24) is 10.0 Å². The van der Waals surface area contributed by atoms with Gasteiger partial charge in [0.15, 0.2) is 4.91 Å². The molecule has 2 amide bonds. The van der Waals surface area contributed by atoms with Crippen molar-refractivity contribution in [3.8, 4) is 0 Å². The van der Waals surface area contributed by atoms with Crippen LogP contribution in [0.25, 0.3) is 0 Å².